The summed E-state index contributed by atoms with van der Waals surface area (Å²) in [6.07, 6.45) is 7.92. The Morgan fingerprint density at radius 2 is 2.00 bits per heavy atom. The Labute approximate surface area is 144 Å². The summed E-state index contributed by atoms with van der Waals surface area (Å²) in [6.45, 7) is 7.07. The lowest BCUT2D eigenvalue weighted by molar-refractivity contribution is 0.220. The molecule has 1 aliphatic rings. The van der Waals surface area contributed by atoms with Gasteiger partial charge in [0.2, 0.25) is 0 Å². The Morgan fingerprint density at radius 1 is 1.12 bits per heavy atom. The molecule has 5 nitrogen and oxygen atoms in total. The van der Waals surface area contributed by atoms with E-state index >= 15 is 0 Å². The maximum Gasteiger partial charge on any atom is 0.147 e. The zero-order valence-electron chi connectivity index (χ0n) is 14.7. The molecule has 1 fully saturated rings. The molecule has 0 radical (unpaired) electrons. The number of likely N-dealkylation sites (tertiary alicyclic amines) is 1. The fraction of sp³-hybridized carbons (Fsp3) is 0.579. The van der Waals surface area contributed by atoms with Crippen LogP contribution in [0.2, 0.25) is 0 Å². The highest BCUT2D eigenvalue weighted by Gasteiger charge is 2.10. The molecule has 0 N–H and O–H groups in total. The van der Waals surface area contributed by atoms with Gasteiger partial charge in [0.05, 0.1) is 6.61 Å². The summed E-state index contributed by atoms with van der Waals surface area (Å²) >= 11 is 0. The van der Waals surface area contributed by atoms with Gasteiger partial charge in [0.1, 0.15) is 17.9 Å². The van der Waals surface area contributed by atoms with Crippen molar-refractivity contribution in [1.82, 2.24) is 19.7 Å². The van der Waals surface area contributed by atoms with Gasteiger partial charge in [0, 0.05) is 13.1 Å². The van der Waals surface area contributed by atoms with Crippen molar-refractivity contribution < 1.29 is 4.74 Å². The molecule has 5 heteroatoms. The Bertz CT molecular complexity index is 619. The number of nitrogens with zero attached hydrogens (tertiary/aromatic N) is 4. The first-order valence-electron chi connectivity index (χ1n) is 9.10. The molecule has 24 heavy (non-hydrogen) atoms. The zero-order valence-corrected chi connectivity index (χ0v) is 14.7. The molecular weight excluding hydrogens is 300 g/mol. The number of benzene rings is 1. The van der Waals surface area contributed by atoms with Crippen LogP contribution in [0, 0.1) is 6.92 Å². The van der Waals surface area contributed by atoms with Gasteiger partial charge in [0.15, 0.2) is 0 Å². The van der Waals surface area contributed by atoms with Crippen molar-refractivity contribution in [3.63, 3.8) is 0 Å². The third-order valence-electron chi connectivity index (χ3n) is 4.45. The van der Waals surface area contributed by atoms with Crippen LogP contribution in [0.1, 0.15) is 43.5 Å². The summed E-state index contributed by atoms with van der Waals surface area (Å²) < 4.78 is 7.81. The molecule has 0 unspecified atom stereocenters. The average molecular weight is 328 g/mol. The molecule has 0 spiro atoms. The van der Waals surface area contributed by atoms with E-state index in [-0.39, 0.29) is 0 Å². The average Bonchev–Trinajstić information content (AvgIpc) is 3.01. The lowest BCUT2D eigenvalue weighted by Gasteiger charge is -2.26. The monoisotopic (exact) mass is 328 g/mol. The third-order valence-corrected chi connectivity index (χ3v) is 4.45. The summed E-state index contributed by atoms with van der Waals surface area (Å²) in [5.74, 6) is 1.82. The Hall–Kier alpha value is -1.88. The van der Waals surface area contributed by atoms with Crippen LogP contribution >= 0.6 is 0 Å². The van der Waals surface area contributed by atoms with Crippen molar-refractivity contribution in [3.05, 3.63) is 42.0 Å². The van der Waals surface area contributed by atoms with Crippen molar-refractivity contribution in [3.8, 4) is 5.75 Å². The van der Waals surface area contributed by atoms with Crippen molar-refractivity contribution in [2.45, 2.75) is 52.1 Å². The lowest BCUT2D eigenvalue weighted by Crippen LogP contribution is -2.29. The molecule has 0 amide bonds. The van der Waals surface area contributed by atoms with E-state index in [0.717, 1.165) is 44.1 Å². The van der Waals surface area contributed by atoms with Gasteiger partial charge in [-0.2, -0.15) is 5.10 Å². The van der Waals surface area contributed by atoms with Crippen molar-refractivity contribution in [2.24, 2.45) is 0 Å². The molecule has 1 saturated heterocycles. The summed E-state index contributed by atoms with van der Waals surface area (Å²) in [5.41, 5.74) is 1.35. The normalized spacial score (nSPS) is 15.5. The van der Waals surface area contributed by atoms with Crippen LogP contribution in [0.15, 0.2) is 30.6 Å². The van der Waals surface area contributed by atoms with Crippen molar-refractivity contribution in [2.75, 3.05) is 19.7 Å². The Balaban J connectivity index is 1.38. The van der Waals surface area contributed by atoms with Gasteiger partial charge in [-0.05, 0) is 63.4 Å². The predicted octanol–water partition coefficient (Wildman–Crippen LogP) is 3.43. The number of aromatic nitrogens is 3. The SMILES string of the molecule is Cc1ncn(CCCCOc2cccc(CN3CCCCC3)c2)n1. The van der Waals surface area contributed by atoms with Crippen LogP contribution in [-0.4, -0.2) is 39.4 Å². The summed E-state index contributed by atoms with van der Waals surface area (Å²) in [6, 6.07) is 8.55. The number of hydrogen-bond donors (Lipinski definition) is 0. The quantitative estimate of drug-likeness (QED) is 0.696. The minimum absolute atomic E-state index is 0.751. The second-order valence-electron chi connectivity index (χ2n) is 6.59. The van der Waals surface area contributed by atoms with Gasteiger partial charge < -0.3 is 4.74 Å². The zero-order chi connectivity index (χ0) is 16.6. The third kappa shape index (κ3) is 5.34. The standard InChI is InChI=1S/C19H28N4O/c1-17-20-16-23(21-17)12-5-6-13-24-19-9-7-8-18(14-19)15-22-10-3-2-4-11-22/h7-9,14,16H,2-6,10-13,15H2,1H3. The van der Waals surface area contributed by atoms with Crippen LogP contribution in [0.4, 0.5) is 0 Å². The van der Waals surface area contributed by atoms with Gasteiger partial charge >= 0.3 is 0 Å². The van der Waals surface area contributed by atoms with Crippen LogP contribution in [-0.2, 0) is 13.1 Å². The molecule has 3 rings (SSSR count). The van der Waals surface area contributed by atoms with E-state index in [0.29, 0.717) is 0 Å². The van der Waals surface area contributed by atoms with Crippen molar-refractivity contribution >= 4 is 0 Å². The first-order valence-corrected chi connectivity index (χ1v) is 9.10. The summed E-state index contributed by atoms with van der Waals surface area (Å²) in [5, 5.41) is 4.29. The number of unbranched alkanes of at least 4 members (excludes halogenated alkanes) is 1. The molecular formula is C19H28N4O. The molecule has 0 atom stereocenters. The second kappa shape index (κ2) is 8.83. The summed E-state index contributed by atoms with van der Waals surface area (Å²) in [4.78, 5) is 6.68. The van der Waals surface area contributed by atoms with E-state index in [9.17, 15) is 0 Å². The van der Waals surface area contributed by atoms with E-state index in [1.54, 1.807) is 6.33 Å². The topological polar surface area (TPSA) is 43.2 Å². The molecule has 0 saturated carbocycles. The molecule has 0 bridgehead atoms. The van der Waals surface area contributed by atoms with Crippen molar-refractivity contribution in [1.29, 1.82) is 0 Å². The molecule has 1 aliphatic heterocycles. The first-order chi connectivity index (χ1) is 11.8. The number of aryl methyl sites for hydroxylation is 2. The fourth-order valence-corrected chi connectivity index (χ4v) is 3.17. The first kappa shape index (κ1) is 17.0. The van der Waals surface area contributed by atoms with Gasteiger partial charge in [-0.25, -0.2) is 4.98 Å². The van der Waals surface area contributed by atoms with Crippen LogP contribution in [0.3, 0.4) is 0 Å². The van der Waals surface area contributed by atoms with E-state index in [2.05, 4.69) is 39.2 Å². The highest BCUT2D eigenvalue weighted by Crippen LogP contribution is 2.17. The summed E-state index contributed by atoms with van der Waals surface area (Å²) in [7, 11) is 0. The van der Waals surface area contributed by atoms with Gasteiger partial charge in [-0.15, -0.1) is 0 Å². The van der Waals surface area contributed by atoms with E-state index in [4.69, 9.17) is 4.74 Å². The Kier molecular flexibility index (Phi) is 6.24. The minimum Gasteiger partial charge on any atom is -0.494 e. The Morgan fingerprint density at radius 3 is 2.79 bits per heavy atom. The highest BCUT2D eigenvalue weighted by molar-refractivity contribution is 5.28. The minimum atomic E-state index is 0.751. The lowest BCUT2D eigenvalue weighted by atomic mass is 10.1. The van der Waals surface area contributed by atoms with Crippen LogP contribution in [0.25, 0.3) is 0 Å². The number of hydrogen-bond acceptors (Lipinski definition) is 4. The van der Waals surface area contributed by atoms with Gasteiger partial charge in [0.25, 0.3) is 0 Å². The van der Waals surface area contributed by atoms with Crippen LogP contribution < -0.4 is 4.74 Å². The van der Waals surface area contributed by atoms with Gasteiger partial charge in [-0.3, -0.25) is 9.58 Å². The molecule has 2 heterocycles. The van der Waals surface area contributed by atoms with Crippen LogP contribution in [0.5, 0.6) is 5.75 Å². The molecule has 1 aromatic heterocycles. The molecule has 130 valence electrons. The molecule has 1 aromatic carbocycles. The maximum absolute atomic E-state index is 5.92. The maximum atomic E-state index is 5.92. The smallest absolute Gasteiger partial charge is 0.147 e. The van der Waals surface area contributed by atoms with E-state index < -0.39 is 0 Å². The number of ether oxygens (including phenoxy) is 1. The largest absolute Gasteiger partial charge is 0.494 e. The second-order valence-corrected chi connectivity index (χ2v) is 6.59. The number of rotatable bonds is 8. The molecule has 0 aliphatic carbocycles. The highest BCUT2D eigenvalue weighted by atomic mass is 16.5. The van der Waals surface area contributed by atoms with E-state index in [1.165, 1.54) is 37.9 Å². The molecule has 2 aromatic rings. The fourth-order valence-electron chi connectivity index (χ4n) is 3.17. The number of piperidine rings is 1. The predicted molar refractivity (Wildman–Crippen MR) is 95.1 cm³/mol. The van der Waals surface area contributed by atoms with Gasteiger partial charge in [-0.1, -0.05) is 18.6 Å². The van der Waals surface area contributed by atoms with E-state index in [1.807, 2.05) is 11.6 Å².